The highest BCUT2D eigenvalue weighted by Gasteiger charge is 2.24. The Hall–Kier alpha value is -1.10. The second-order valence-electron chi connectivity index (χ2n) is 7.91. The minimum absolute atomic E-state index is 0.0173. The van der Waals surface area contributed by atoms with Crippen molar-refractivity contribution in [3.05, 3.63) is 0 Å². The highest BCUT2D eigenvalue weighted by atomic mass is 16.2. The second kappa shape index (κ2) is 7.78. The number of carbonyl (C=O) groups excluding carboxylic acids is 2. The fraction of sp³-hybridized carbons (Fsp3) is 0.875. The van der Waals surface area contributed by atoms with Gasteiger partial charge in [0.25, 0.3) is 0 Å². The van der Waals surface area contributed by atoms with Crippen LogP contribution >= 0.6 is 0 Å². The quantitative estimate of drug-likeness (QED) is 0.787. The Morgan fingerprint density at radius 2 is 1.43 bits per heavy atom. The van der Waals surface area contributed by atoms with Crippen LogP contribution in [0.3, 0.4) is 0 Å². The molecule has 21 heavy (non-hydrogen) atoms. The van der Waals surface area contributed by atoms with Gasteiger partial charge in [0.1, 0.15) is 0 Å². The van der Waals surface area contributed by atoms with Gasteiger partial charge in [-0.1, -0.05) is 0 Å². The van der Waals surface area contributed by atoms with Gasteiger partial charge in [-0.3, -0.25) is 14.5 Å². The Balaban J connectivity index is 4.35. The van der Waals surface area contributed by atoms with Crippen LogP contribution in [-0.4, -0.2) is 47.9 Å². The summed E-state index contributed by atoms with van der Waals surface area (Å²) in [5.74, 6) is 0.0555. The van der Waals surface area contributed by atoms with E-state index in [1.165, 1.54) is 0 Å². The van der Waals surface area contributed by atoms with E-state index in [0.717, 1.165) is 0 Å². The molecule has 5 heteroatoms. The first-order valence-electron chi connectivity index (χ1n) is 7.61. The number of carbonyl (C=O) groups is 2. The molecule has 0 aliphatic carbocycles. The molecular weight excluding hydrogens is 266 g/mol. The molecule has 1 atom stereocenters. The monoisotopic (exact) mass is 299 g/mol. The number of likely N-dealkylation sites (N-methyl/N-ethyl adjacent to an activating group) is 1. The van der Waals surface area contributed by atoms with Crippen molar-refractivity contribution in [2.24, 2.45) is 0 Å². The fourth-order valence-corrected chi connectivity index (χ4v) is 2.01. The normalized spacial score (nSPS) is 14.0. The zero-order chi connectivity index (χ0) is 16.8. The average molecular weight is 299 g/mol. The lowest BCUT2D eigenvalue weighted by Gasteiger charge is -2.28. The summed E-state index contributed by atoms with van der Waals surface area (Å²) in [5, 5.41) is 5.93. The van der Waals surface area contributed by atoms with Crippen molar-refractivity contribution in [1.82, 2.24) is 15.5 Å². The third kappa shape index (κ3) is 10.3. The molecule has 1 unspecified atom stereocenters. The maximum absolute atomic E-state index is 12.3. The van der Waals surface area contributed by atoms with E-state index in [2.05, 4.69) is 10.6 Å². The van der Waals surface area contributed by atoms with Crippen LogP contribution in [0.4, 0.5) is 0 Å². The first kappa shape index (κ1) is 19.9. The van der Waals surface area contributed by atoms with Gasteiger partial charge in [-0.15, -0.1) is 0 Å². The standard InChI is InChI=1S/C16H33N3O2/c1-15(2,3)17-13(20)11-9-10-12(19(7)8)14(21)18-16(4,5)6/h12H,9-11H2,1-8H3,(H,17,20)(H,18,21). The summed E-state index contributed by atoms with van der Waals surface area (Å²) < 4.78 is 0. The molecule has 0 rings (SSSR count). The van der Waals surface area contributed by atoms with Gasteiger partial charge in [-0.2, -0.15) is 0 Å². The van der Waals surface area contributed by atoms with Crippen LogP contribution in [0.2, 0.25) is 0 Å². The van der Waals surface area contributed by atoms with Crippen LogP contribution in [0.1, 0.15) is 60.8 Å². The van der Waals surface area contributed by atoms with Crippen molar-refractivity contribution in [3.63, 3.8) is 0 Å². The van der Waals surface area contributed by atoms with Gasteiger partial charge in [-0.25, -0.2) is 0 Å². The number of rotatable bonds is 6. The van der Waals surface area contributed by atoms with E-state index in [0.29, 0.717) is 19.3 Å². The summed E-state index contributed by atoms with van der Waals surface area (Å²) in [6, 6.07) is -0.202. The van der Waals surface area contributed by atoms with Crippen LogP contribution < -0.4 is 10.6 Å². The predicted molar refractivity (Wildman–Crippen MR) is 87.1 cm³/mol. The Morgan fingerprint density at radius 1 is 0.952 bits per heavy atom. The number of nitrogens with one attached hydrogen (secondary N) is 2. The molecule has 0 spiro atoms. The largest absolute Gasteiger partial charge is 0.352 e. The van der Waals surface area contributed by atoms with Gasteiger partial charge < -0.3 is 10.6 Å². The maximum Gasteiger partial charge on any atom is 0.237 e. The summed E-state index contributed by atoms with van der Waals surface area (Å²) in [6.45, 7) is 11.8. The van der Waals surface area contributed by atoms with Gasteiger partial charge in [0.15, 0.2) is 0 Å². The van der Waals surface area contributed by atoms with Crippen LogP contribution in [0.25, 0.3) is 0 Å². The minimum atomic E-state index is -0.241. The van der Waals surface area contributed by atoms with Crippen molar-refractivity contribution in [2.75, 3.05) is 14.1 Å². The molecule has 2 amide bonds. The Bertz CT molecular complexity index is 352. The summed E-state index contributed by atoms with van der Waals surface area (Å²) in [6.07, 6.45) is 1.82. The molecule has 5 nitrogen and oxygen atoms in total. The SMILES string of the molecule is CN(C)C(CCCC(=O)NC(C)(C)C)C(=O)NC(C)(C)C. The molecule has 0 aromatic rings. The van der Waals surface area contributed by atoms with Crippen molar-refractivity contribution < 1.29 is 9.59 Å². The van der Waals surface area contributed by atoms with Crippen molar-refractivity contribution in [1.29, 1.82) is 0 Å². The number of hydrogen-bond acceptors (Lipinski definition) is 3. The van der Waals surface area contributed by atoms with Crippen LogP contribution in [0.5, 0.6) is 0 Å². The molecular formula is C16H33N3O2. The zero-order valence-electron chi connectivity index (χ0n) is 15.0. The summed E-state index contributed by atoms with van der Waals surface area (Å²) in [7, 11) is 3.78. The molecule has 0 saturated heterocycles. The lowest BCUT2D eigenvalue weighted by atomic mass is 10.0. The van der Waals surface area contributed by atoms with Crippen molar-refractivity contribution in [3.8, 4) is 0 Å². The first-order chi connectivity index (χ1) is 9.32. The van der Waals surface area contributed by atoms with Gasteiger partial charge in [0.05, 0.1) is 6.04 Å². The smallest absolute Gasteiger partial charge is 0.237 e. The van der Waals surface area contributed by atoms with E-state index in [-0.39, 0.29) is 28.9 Å². The molecule has 0 bridgehead atoms. The van der Waals surface area contributed by atoms with Crippen molar-refractivity contribution in [2.45, 2.75) is 77.9 Å². The lowest BCUT2D eigenvalue weighted by Crippen LogP contribution is -2.50. The topological polar surface area (TPSA) is 61.4 Å². The maximum atomic E-state index is 12.3. The molecule has 2 N–H and O–H groups in total. The predicted octanol–water partition coefficient (Wildman–Crippen LogP) is 1.92. The third-order valence-electron chi connectivity index (χ3n) is 2.82. The molecule has 0 aromatic heterocycles. The third-order valence-corrected chi connectivity index (χ3v) is 2.82. The average Bonchev–Trinajstić information content (AvgIpc) is 2.18. The van der Waals surface area contributed by atoms with E-state index < -0.39 is 0 Å². The zero-order valence-corrected chi connectivity index (χ0v) is 15.0. The molecule has 0 radical (unpaired) electrons. The number of nitrogens with zero attached hydrogens (tertiary/aromatic N) is 1. The van der Waals surface area contributed by atoms with Crippen LogP contribution in [0.15, 0.2) is 0 Å². The summed E-state index contributed by atoms with van der Waals surface area (Å²) >= 11 is 0. The van der Waals surface area contributed by atoms with Crippen LogP contribution in [-0.2, 0) is 9.59 Å². The molecule has 0 fully saturated rings. The van der Waals surface area contributed by atoms with Gasteiger partial charge in [0, 0.05) is 17.5 Å². The Morgan fingerprint density at radius 3 is 1.81 bits per heavy atom. The minimum Gasteiger partial charge on any atom is -0.352 e. The van der Waals surface area contributed by atoms with Gasteiger partial charge in [0.2, 0.25) is 11.8 Å². The van der Waals surface area contributed by atoms with E-state index in [9.17, 15) is 9.59 Å². The van der Waals surface area contributed by atoms with Gasteiger partial charge in [-0.05, 0) is 68.5 Å². The Kier molecular flexibility index (Phi) is 7.37. The fourth-order valence-electron chi connectivity index (χ4n) is 2.01. The van der Waals surface area contributed by atoms with E-state index in [4.69, 9.17) is 0 Å². The Labute approximate surface area is 129 Å². The van der Waals surface area contributed by atoms with E-state index in [1.54, 1.807) is 0 Å². The highest BCUT2D eigenvalue weighted by molar-refractivity contribution is 5.82. The molecule has 0 heterocycles. The van der Waals surface area contributed by atoms with Crippen molar-refractivity contribution >= 4 is 11.8 Å². The molecule has 124 valence electrons. The highest BCUT2D eigenvalue weighted by Crippen LogP contribution is 2.10. The summed E-state index contributed by atoms with van der Waals surface area (Å²) in [5.41, 5.74) is -0.448. The van der Waals surface area contributed by atoms with Gasteiger partial charge >= 0.3 is 0 Å². The van der Waals surface area contributed by atoms with E-state index >= 15 is 0 Å². The molecule has 0 aromatic carbocycles. The molecule has 0 saturated carbocycles. The molecule has 0 aliphatic heterocycles. The first-order valence-corrected chi connectivity index (χ1v) is 7.61. The van der Waals surface area contributed by atoms with Crippen LogP contribution in [0, 0.1) is 0 Å². The molecule has 0 aliphatic rings. The number of hydrogen-bond donors (Lipinski definition) is 2. The summed E-state index contributed by atoms with van der Waals surface area (Å²) in [4.78, 5) is 25.9. The number of amides is 2. The van der Waals surface area contributed by atoms with E-state index in [1.807, 2.05) is 60.5 Å². The lowest BCUT2D eigenvalue weighted by molar-refractivity contribution is -0.128. The second-order valence-corrected chi connectivity index (χ2v) is 7.91.